The van der Waals surface area contributed by atoms with Crippen molar-refractivity contribution in [3.63, 3.8) is 0 Å². The Bertz CT molecular complexity index is 582. The van der Waals surface area contributed by atoms with Gasteiger partial charge in [-0.2, -0.15) is 0 Å². The molecule has 21 heavy (non-hydrogen) atoms. The molecule has 1 aliphatic rings. The molecule has 1 aliphatic carbocycles. The molecular formula is C17H27NO2S. The van der Waals surface area contributed by atoms with E-state index in [1.165, 1.54) is 25.5 Å². The van der Waals surface area contributed by atoms with Crippen molar-refractivity contribution >= 4 is 9.84 Å². The Balaban J connectivity index is 2.26. The van der Waals surface area contributed by atoms with E-state index < -0.39 is 9.84 Å². The first-order valence-electron chi connectivity index (χ1n) is 7.80. The van der Waals surface area contributed by atoms with Crippen molar-refractivity contribution in [1.82, 2.24) is 5.32 Å². The van der Waals surface area contributed by atoms with Gasteiger partial charge in [-0.3, -0.25) is 0 Å². The molecule has 0 amide bonds. The third-order valence-electron chi connectivity index (χ3n) is 5.07. The second-order valence-electron chi connectivity index (χ2n) is 6.64. The fourth-order valence-electron chi connectivity index (χ4n) is 3.51. The van der Waals surface area contributed by atoms with Crippen LogP contribution in [0.3, 0.4) is 0 Å². The highest BCUT2D eigenvalue weighted by molar-refractivity contribution is 7.90. The number of benzene rings is 1. The van der Waals surface area contributed by atoms with Gasteiger partial charge in [0.05, 0.1) is 4.90 Å². The lowest BCUT2D eigenvalue weighted by Crippen LogP contribution is -2.31. The van der Waals surface area contributed by atoms with Gasteiger partial charge in [-0.05, 0) is 55.3 Å². The van der Waals surface area contributed by atoms with Crippen LogP contribution in [0.2, 0.25) is 0 Å². The van der Waals surface area contributed by atoms with Crippen LogP contribution in [0.5, 0.6) is 0 Å². The Morgan fingerprint density at radius 1 is 1.19 bits per heavy atom. The molecule has 4 heteroatoms. The Morgan fingerprint density at radius 3 is 2.48 bits per heavy atom. The number of hydrogen-bond donors (Lipinski definition) is 1. The third kappa shape index (κ3) is 3.86. The molecule has 0 aromatic heterocycles. The van der Waals surface area contributed by atoms with E-state index in [1.807, 2.05) is 25.2 Å². The highest BCUT2D eigenvalue weighted by Crippen LogP contribution is 2.40. The minimum absolute atomic E-state index is 0.238. The van der Waals surface area contributed by atoms with Crippen LogP contribution in [0.4, 0.5) is 0 Å². The summed E-state index contributed by atoms with van der Waals surface area (Å²) in [4.78, 5) is 0.414. The maximum Gasteiger partial charge on any atom is 0.175 e. The molecule has 118 valence electrons. The van der Waals surface area contributed by atoms with E-state index in [0.29, 0.717) is 10.8 Å². The molecule has 1 N–H and O–H groups in total. The molecule has 3 nitrogen and oxygen atoms in total. The van der Waals surface area contributed by atoms with Gasteiger partial charge in [-0.15, -0.1) is 0 Å². The Morgan fingerprint density at radius 2 is 1.90 bits per heavy atom. The smallest absolute Gasteiger partial charge is 0.175 e. The Labute approximate surface area is 129 Å². The van der Waals surface area contributed by atoms with Gasteiger partial charge in [0.15, 0.2) is 9.84 Å². The molecule has 1 aromatic rings. The lowest BCUT2D eigenvalue weighted by Gasteiger charge is -2.37. The van der Waals surface area contributed by atoms with Crippen LogP contribution in [0.1, 0.15) is 44.7 Å². The van der Waals surface area contributed by atoms with E-state index in [0.717, 1.165) is 17.4 Å². The standard InChI is InChI=1S/C17H27NO2S/c1-12-8-9-15(10-13(12)2)17(18-3)14-6-5-7-16(11-14)21(4,19)20/h5-7,11-13,15,17-18H,8-10H2,1-4H3. The van der Waals surface area contributed by atoms with E-state index in [4.69, 9.17) is 0 Å². The zero-order chi connectivity index (χ0) is 15.6. The normalized spacial score (nSPS) is 28.3. The van der Waals surface area contributed by atoms with E-state index >= 15 is 0 Å². The van der Waals surface area contributed by atoms with Crippen molar-refractivity contribution in [3.05, 3.63) is 29.8 Å². The zero-order valence-electron chi connectivity index (χ0n) is 13.5. The third-order valence-corrected chi connectivity index (χ3v) is 6.18. The average molecular weight is 309 g/mol. The predicted molar refractivity (Wildman–Crippen MR) is 87.0 cm³/mol. The molecule has 4 atom stereocenters. The summed E-state index contributed by atoms with van der Waals surface area (Å²) < 4.78 is 23.5. The first-order chi connectivity index (χ1) is 9.82. The van der Waals surface area contributed by atoms with Gasteiger partial charge in [-0.1, -0.05) is 32.4 Å². The van der Waals surface area contributed by atoms with Crippen LogP contribution in [-0.2, 0) is 9.84 Å². The lowest BCUT2D eigenvalue weighted by molar-refractivity contribution is 0.174. The molecule has 0 spiro atoms. The largest absolute Gasteiger partial charge is 0.313 e. The summed E-state index contributed by atoms with van der Waals surface area (Å²) in [6, 6.07) is 7.64. The summed E-state index contributed by atoms with van der Waals surface area (Å²) in [5.41, 5.74) is 1.09. The van der Waals surface area contributed by atoms with Gasteiger partial charge in [0.2, 0.25) is 0 Å². The molecule has 0 heterocycles. The molecule has 2 rings (SSSR count). The van der Waals surface area contributed by atoms with Crippen molar-refractivity contribution in [3.8, 4) is 0 Å². The number of nitrogens with one attached hydrogen (secondary N) is 1. The van der Waals surface area contributed by atoms with Crippen LogP contribution in [-0.4, -0.2) is 21.7 Å². The van der Waals surface area contributed by atoms with Crippen molar-refractivity contribution in [2.24, 2.45) is 17.8 Å². The molecule has 0 radical (unpaired) electrons. The van der Waals surface area contributed by atoms with E-state index in [-0.39, 0.29) is 6.04 Å². The minimum Gasteiger partial charge on any atom is -0.313 e. The van der Waals surface area contributed by atoms with E-state index in [2.05, 4.69) is 19.2 Å². The molecule has 0 aliphatic heterocycles. The first kappa shape index (κ1) is 16.5. The zero-order valence-corrected chi connectivity index (χ0v) is 14.3. The molecular weight excluding hydrogens is 282 g/mol. The topological polar surface area (TPSA) is 46.2 Å². The SMILES string of the molecule is CNC(c1cccc(S(C)(=O)=O)c1)C1CCC(C)C(C)C1. The quantitative estimate of drug-likeness (QED) is 0.927. The number of hydrogen-bond acceptors (Lipinski definition) is 3. The average Bonchev–Trinajstić information content (AvgIpc) is 2.43. The molecule has 1 saturated carbocycles. The maximum absolute atomic E-state index is 11.7. The summed E-state index contributed by atoms with van der Waals surface area (Å²) in [5, 5.41) is 3.41. The predicted octanol–water partition coefficient (Wildman–Crippen LogP) is 3.42. The summed E-state index contributed by atoms with van der Waals surface area (Å²) in [7, 11) is -1.17. The molecule has 4 unspecified atom stereocenters. The van der Waals surface area contributed by atoms with Crippen molar-refractivity contribution in [2.45, 2.75) is 44.0 Å². The Kier molecular flexibility index (Phi) is 5.10. The molecule has 0 saturated heterocycles. The van der Waals surface area contributed by atoms with Crippen LogP contribution < -0.4 is 5.32 Å². The molecule has 1 fully saturated rings. The fraction of sp³-hybridized carbons (Fsp3) is 0.647. The highest BCUT2D eigenvalue weighted by Gasteiger charge is 2.30. The second-order valence-corrected chi connectivity index (χ2v) is 8.65. The van der Waals surface area contributed by atoms with Crippen LogP contribution in [0, 0.1) is 17.8 Å². The van der Waals surface area contributed by atoms with E-state index in [1.54, 1.807) is 6.07 Å². The summed E-state index contributed by atoms with van der Waals surface area (Å²) in [6.07, 6.45) is 4.94. The summed E-state index contributed by atoms with van der Waals surface area (Å²) >= 11 is 0. The van der Waals surface area contributed by atoms with Crippen molar-refractivity contribution < 1.29 is 8.42 Å². The first-order valence-corrected chi connectivity index (χ1v) is 9.69. The maximum atomic E-state index is 11.7. The fourth-order valence-corrected chi connectivity index (χ4v) is 4.18. The monoisotopic (exact) mass is 309 g/mol. The number of sulfone groups is 1. The van der Waals surface area contributed by atoms with Gasteiger partial charge >= 0.3 is 0 Å². The molecule has 1 aromatic carbocycles. The van der Waals surface area contributed by atoms with E-state index in [9.17, 15) is 8.42 Å². The molecule has 0 bridgehead atoms. The van der Waals surface area contributed by atoms with Crippen LogP contribution in [0.25, 0.3) is 0 Å². The van der Waals surface area contributed by atoms with Crippen molar-refractivity contribution in [2.75, 3.05) is 13.3 Å². The van der Waals surface area contributed by atoms with Crippen LogP contribution >= 0.6 is 0 Å². The minimum atomic E-state index is -3.15. The van der Waals surface area contributed by atoms with Gasteiger partial charge in [-0.25, -0.2) is 8.42 Å². The van der Waals surface area contributed by atoms with Crippen molar-refractivity contribution in [1.29, 1.82) is 0 Å². The van der Waals surface area contributed by atoms with Gasteiger partial charge in [0, 0.05) is 12.3 Å². The Hall–Kier alpha value is -0.870. The summed E-state index contributed by atoms with van der Waals surface area (Å²) in [6.45, 7) is 4.66. The van der Waals surface area contributed by atoms with Gasteiger partial charge in [0.1, 0.15) is 0 Å². The van der Waals surface area contributed by atoms with Gasteiger partial charge < -0.3 is 5.32 Å². The lowest BCUT2D eigenvalue weighted by atomic mass is 9.72. The van der Waals surface area contributed by atoms with Gasteiger partial charge in [0.25, 0.3) is 0 Å². The number of rotatable bonds is 4. The van der Waals surface area contributed by atoms with Crippen LogP contribution in [0.15, 0.2) is 29.2 Å². The second kappa shape index (κ2) is 6.49. The summed E-state index contributed by atoms with van der Waals surface area (Å²) in [5.74, 6) is 2.11. The highest BCUT2D eigenvalue weighted by atomic mass is 32.2.